The zero-order valence-corrected chi connectivity index (χ0v) is 10.9. The molecule has 0 amide bonds. The number of benzene rings is 1. The molecule has 0 bridgehead atoms. The van der Waals surface area contributed by atoms with E-state index in [-0.39, 0.29) is 6.04 Å². The Hall–Kier alpha value is -1.22. The molecule has 1 unspecified atom stereocenters. The van der Waals surface area contributed by atoms with E-state index < -0.39 is 0 Å². The first-order valence-corrected chi connectivity index (χ1v) is 6.02. The van der Waals surface area contributed by atoms with Crippen LogP contribution in [-0.4, -0.2) is 0 Å². The van der Waals surface area contributed by atoms with Crippen molar-refractivity contribution in [3.05, 3.63) is 52.4 Å². The molecule has 1 N–H and O–H groups in total. The minimum absolute atomic E-state index is 0.176. The summed E-state index contributed by atoms with van der Waals surface area (Å²) in [5.74, 6) is 0.945. The smallest absolute Gasteiger partial charge is 0.125 e. The highest BCUT2D eigenvalue weighted by molar-refractivity contribution is 9.10. The van der Waals surface area contributed by atoms with E-state index in [2.05, 4.69) is 47.2 Å². The van der Waals surface area contributed by atoms with Crippen LogP contribution in [0.15, 0.2) is 45.5 Å². The Labute approximate surface area is 104 Å². The number of hydrogen-bond acceptors (Lipinski definition) is 2. The quantitative estimate of drug-likeness (QED) is 0.894. The van der Waals surface area contributed by atoms with E-state index in [0.29, 0.717) is 0 Å². The fourth-order valence-corrected chi connectivity index (χ4v) is 1.84. The second-order valence-electron chi connectivity index (χ2n) is 3.85. The van der Waals surface area contributed by atoms with Gasteiger partial charge < -0.3 is 9.73 Å². The second kappa shape index (κ2) is 4.74. The first-order valence-electron chi connectivity index (χ1n) is 5.23. The van der Waals surface area contributed by atoms with Crippen molar-refractivity contribution in [1.29, 1.82) is 0 Å². The van der Waals surface area contributed by atoms with Crippen molar-refractivity contribution in [2.75, 3.05) is 5.32 Å². The first kappa shape index (κ1) is 11.3. The van der Waals surface area contributed by atoms with Gasteiger partial charge in [0.25, 0.3) is 0 Å². The van der Waals surface area contributed by atoms with Crippen LogP contribution in [0.4, 0.5) is 5.69 Å². The number of rotatable bonds is 3. The molecule has 0 saturated heterocycles. The standard InChI is InChI=1S/C13H14BrNO/c1-9-8-11(5-6-12(9)14)15-10(2)13-4-3-7-16-13/h3-8,10,15H,1-2H3. The lowest BCUT2D eigenvalue weighted by Crippen LogP contribution is -2.05. The van der Waals surface area contributed by atoms with E-state index in [4.69, 9.17) is 4.42 Å². The molecule has 16 heavy (non-hydrogen) atoms. The van der Waals surface area contributed by atoms with E-state index >= 15 is 0 Å². The Morgan fingerprint density at radius 3 is 2.75 bits per heavy atom. The zero-order chi connectivity index (χ0) is 11.5. The van der Waals surface area contributed by atoms with Gasteiger partial charge in [-0.1, -0.05) is 15.9 Å². The zero-order valence-electron chi connectivity index (χ0n) is 9.33. The maximum Gasteiger partial charge on any atom is 0.125 e. The summed E-state index contributed by atoms with van der Waals surface area (Å²) in [5, 5.41) is 3.40. The summed E-state index contributed by atoms with van der Waals surface area (Å²) >= 11 is 3.49. The van der Waals surface area contributed by atoms with Gasteiger partial charge in [0.05, 0.1) is 12.3 Å². The summed E-state index contributed by atoms with van der Waals surface area (Å²) in [4.78, 5) is 0. The molecule has 0 aliphatic heterocycles. The van der Waals surface area contributed by atoms with E-state index in [1.54, 1.807) is 6.26 Å². The topological polar surface area (TPSA) is 25.2 Å². The highest BCUT2D eigenvalue weighted by Gasteiger charge is 2.07. The van der Waals surface area contributed by atoms with Crippen LogP contribution in [0.1, 0.15) is 24.3 Å². The molecule has 2 nitrogen and oxygen atoms in total. The third kappa shape index (κ3) is 2.47. The van der Waals surface area contributed by atoms with Crippen molar-refractivity contribution in [3.8, 4) is 0 Å². The summed E-state index contributed by atoms with van der Waals surface area (Å²) in [7, 11) is 0. The van der Waals surface area contributed by atoms with Crippen molar-refractivity contribution in [2.45, 2.75) is 19.9 Å². The molecule has 84 valence electrons. The molecule has 0 aliphatic rings. The van der Waals surface area contributed by atoms with Crippen LogP contribution in [0, 0.1) is 6.92 Å². The molecule has 3 heteroatoms. The van der Waals surface area contributed by atoms with Gasteiger partial charge in [-0.05, 0) is 49.7 Å². The Morgan fingerprint density at radius 1 is 1.31 bits per heavy atom. The van der Waals surface area contributed by atoms with Crippen molar-refractivity contribution in [1.82, 2.24) is 0 Å². The van der Waals surface area contributed by atoms with E-state index in [0.717, 1.165) is 15.9 Å². The van der Waals surface area contributed by atoms with E-state index in [1.165, 1.54) is 5.56 Å². The molecule has 0 fully saturated rings. The fraction of sp³-hybridized carbons (Fsp3) is 0.231. The van der Waals surface area contributed by atoms with Gasteiger partial charge in [0.15, 0.2) is 0 Å². The van der Waals surface area contributed by atoms with Crippen molar-refractivity contribution >= 4 is 21.6 Å². The largest absolute Gasteiger partial charge is 0.467 e. The number of anilines is 1. The summed E-state index contributed by atoms with van der Waals surface area (Å²) in [6, 6.07) is 10.3. The number of halogens is 1. The predicted molar refractivity (Wildman–Crippen MR) is 69.6 cm³/mol. The molecule has 2 rings (SSSR count). The molecular weight excluding hydrogens is 266 g/mol. The normalized spacial score (nSPS) is 12.4. The molecule has 1 aromatic carbocycles. The highest BCUT2D eigenvalue weighted by Crippen LogP contribution is 2.23. The second-order valence-corrected chi connectivity index (χ2v) is 4.70. The molecule has 0 spiro atoms. The Bertz CT molecular complexity index is 465. The van der Waals surface area contributed by atoms with Crippen molar-refractivity contribution < 1.29 is 4.42 Å². The summed E-state index contributed by atoms with van der Waals surface area (Å²) in [5.41, 5.74) is 2.32. The monoisotopic (exact) mass is 279 g/mol. The van der Waals surface area contributed by atoms with Gasteiger partial charge in [-0.3, -0.25) is 0 Å². The van der Waals surface area contributed by atoms with Gasteiger partial charge in [0.2, 0.25) is 0 Å². The summed E-state index contributed by atoms with van der Waals surface area (Å²) < 4.78 is 6.48. The van der Waals surface area contributed by atoms with E-state index in [9.17, 15) is 0 Å². The third-order valence-corrected chi connectivity index (χ3v) is 3.40. The molecule has 1 aromatic heterocycles. The minimum Gasteiger partial charge on any atom is -0.467 e. The van der Waals surface area contributed by atoms with Gasteiger partial charge in [-0.25, -0.2) is 0 Å². The molecule has 0 saturated carbocycles. The van der Waals surface area contributed by atoms with Gasteiger partial charge >= 0.3 is 0 Å². The fourth-order valence-electron chi connectivity index (χ4n) is 1.59. The van der Waals surface area contributed by atoms with Gasteiger partial charge in [0, 0.05) is 10.2 Å². The van der Waals surface area contributed by atoms with Crippen LogP contribution in [0.2, 0.25) is 0 Å². The lowest BCUT2D eigenvalue weighted by molar-refractivity contribution is 0.490. The maximum atomic E-state index is 5.35. The molecule has 1 heterocycles. The Balaban J connectivity index is 2.12. The van der Waals surface area contributed by atoms with Crippen LogP contribution in [0.5, 0.6) is 0 Å². The predicted octanol–water partition coefficient (Wildman–Crippen LogP) is 4.52. The third-order valence-electron chi connectivity index (χ3n) is 2.51. The number of aryl methyl sites for hydroxylation is 1. The molecular formula is C13H14BrNO. The molecule has 2 aromatic rings. The lowest BCUT2D eigenvalue weighted by atomic mass is 10.2. The maximum absolute atomic E-state index is 5.35. The average Bonchev–Trinajstić information content (AvgIpc) is 2.77. The van der Waals surface area contributed by atoms with Gasteiger partial charge in [0.1, 0.15) is 5.76 Å². The van der Waals surface area contributed by atoms with Crippen LogP contribution >= 0.6 is 15.9 Å². The average molecular weight is 280 g/mol. The van der Waals surface area contributed by atoms with Crippen molar-refractivity contribution in [3.63, 3.8) is 0 Å². The van der Waals surface area contributed by atoms with E-state index in [1.807, 2.05) is 18.2 Å². The first-order chi connectivity index (χ1) is 7.66. The molecule has 1 atom stereocenters. The van der Waals surface area contributed by atoms with Crippen LogP contribution in [-0.2, 0) is 0 Å². The molecule has 0 aliphatic carbocycles. The van der Waals surface area contributed by atoms with Crippen LogP contribution in [0.3, 0.4) is 0 Å². The molecule has 0 radical (unpaired) electrons. The van der Waals surface area contributed by atoms with Crippen LogP contribution < -0.4 is 5.32 Å². The van der Waals surface area contributed by atoms with Gasteiger partial charge in [-0.2, -0.15) is 0 Å². The number of hydrogen-bond donors (Lipinski definition) is 1. The summed E-state index contributed by atoms with van der Waals surface area (Å²) in [6.07, 6.45) is 1.69. The van der Waals surface area contributed by atoms with Crippen LogP contribution in [0.25, 0.3) is 0 Å². The Morgan fingerprint density at radius 2 is 2.12 bits per heavy atom. The van der Waals surface area contributed by atoms with Gasteiger partial charge in [-0.15, -0.1) is 0 Å². The minimum atomic E-state index is 0.176. The van der Waals surface area contributed by atoms with Crippen molar-refractivity contribution in [2.24, 2.45) is 0 Å². The SMILES string of the molecule is Cc1cc(NC(C)c2ccco2)ccc1Br. The number of furan rings is 1. The Kier molecular flexibility index (Phi) is 3.34. The summed E-state index contributed by atoms with van der Waals surface area (Å²) in [6.45, 7) is 4.16. The highest BCUT2D eigenvalue weighted by atomic mass is 79.9. The number of nitrogens with one attached hydrogen (secondary N) is 1. The lowest BCUT2D eigenvalue weighted by Gasteiger charge is -2.13.